The van der Waals surface area contributed by atoms with E-state index in [4.69, 9.17) is 0 Å². The van der Waals surface area contributed by atoms with Gasteiger partial charge in [-0.05, 0) is 39.7 Å². The highest BCUT2D eigenvalue weighted by Crippen LogP contribution is 2.34. The van der Waals surface area contributed by atoms with Crippen molar-refractivity contribution in [2.45, 2.75) is 6.54 Å². The second-order valence-electron chi connectivity index (χ2n) is 4.48. The van der Waals surface area contributed by atoms with E-state index in [-0.39, 0.29) is 12.2 Å². The Balaban J connectivity index is 2.08. The number of hydrogen-bond acceptors (Lipinski definition) is 3. The molecule has 7 heteroatoms. The number of ketones is 1. The van der Waals surface area contributed by atoms with Gasteiger partial charge in [-0.25, -0.2) is 8.78 Å². The van der Waals surface area contributed by atoms with Gasteiger partial charge in [0.2, 0.25) is 0 Å². The number of hydrogen-bond donors (Lipinski definition) is 0. The molecule has 4 nitrogen and oxygen atoms in total. The molecule has 106 valence electrons. The van der Waals surface area contributed by atoms with Crippen LogP contribution in [0.5, 0.6) is 0 Å². The van der Waals surface area contributed by atoms with Crippen LogP contribution in [0.25, 0.3) is 0 Å². The molecule has 0 radical (unpaired) electrons. The van der Waals surface area contributed by atoms with Crippen LogP contribution in [-0.2, 0) is 11.3 Å². The van der Waals surface area contributed by atoms with E-state index in [1.165, 1.54) is 6.20 Å². The minimum atomic E-state index is -1.04. The summed E-state index contributed by atoms with van der Waals surface area (Å²) in [5, 5.41) is 0. The molecule has 0 aliphatic carbocycles. The Morgan fingerprint density at radius 1 is 1.14 bits per heavy atom. The first-order valence-electron chi connectivity index (χ1n) is 5.92. The lowest BCUT2D eigenvalue weighted by atomic mass is 10.1. The maximum Gasteiger partial charge on any atom is 0.299 e. The molecule has 0 spiro atoms. The lowest BCUT2D eigenvalue weighted by Gasteiger charge is -2.17. The normalized spacial score (nSPS) is 13.8. The summed E-state index contributed by atoms with van der Waals surface area (Å²) in [4.78, 5) is 28.6. The monoisotopic (exact) mass is 352 g/mol. The van der Waals surface area contributed by atoms with Crippen LogP contribution in [0.4, 0.5) is 14.5 Å². The number of rotatable bonds is 2. The number of pyridine rings is 1. The van der Waals surface area contributed by atoms with E-state index < -0.39 is 28.9 Å². The molecule has 0 N–H and O–H groups in total. The average molecular weight is 353 g/mol. The summed E-state index contributed by atoms with van der Waals surface area (Å²) in [6.45, 7) is -0.0651. The molecule has 0 saturated carbocycles. The molecule has 0 unspecified atom stereocenters. The third-order valence-corrected chi connectivity index (χ3v) is 3.55. The fourth-order valence-electron chi connectivity index (χ4n) is 2.23. The summed E-state index contributed by atoms with van der Waals surface area (Å²) in [7, 11) is 0. The Bertz CT molecular complexity index is 780. The lowest BCUT2D eigenvalue weighted by molar-refractivity contribution is -0.114. The third kappa shape index (κ3) is 2.23. The lowest BCUT2D eigenvalue weighted by Crippen LogP contribution is -2.29. The molecule has 1 amide bonds. The number of benzene rings is 1. The van der Waals surface area contributed by atoms with Crippen LogP contribution >= 0.6 is 15.9 Å². The minimum Gasteiger partial charge on any atom is -0.297 e. The van der Waals surface area contributed by atoms with Crippen molar-refractivity contribution in [1.29, 1.82) is 0 Å². The molecule has 1 aliphatic heterocycles. The highest BCUT2D eigenvalue weighted by Gasteiger charge is 2.40. The van der Waals surface area contributed by atoms with E-state index in [9.17, 15) is 18.4 Å². The number of carbonyl (C=O) groups excluding carboxylic acids is 2. The van der Waals surface area contributed by atoms with E-state index in [0.29, 0.717) is 10.0 Å². The average Bonchev–Trinajstić information content (AvgIpc) is 2.69. The van der Waals surface area contributed by atoms with Crippen molar-refractivity contribution < 1.29 is 18.4 Å². The molecular weight excluding hydrogens is 346 g/mol. The van der Waals surface area contributed by atoms with Crippen LogP contribution < -0.4 is 4.90 Å². The van der Waals surface area contributed by atoms with Crippen molar-refractivity contribution in [2.24, 2.45) is 0 Å². The Kier molecular flexibility index (Phi) is 3.29. The van der Waals surface area contributed by atoms with Gasteiger partial charge in [0.05, 0.1) is 17.8 Å². The number of Topliss-reactive ketones (excluding diaryl/α,β-unsaturated/α-hetero) is 1. The topological polar surface area (TPSA) is 50.3 Å². The van der Waals surface area contributed by atoms with Gasteiger partial charge in [0, 0.05) is 16.9 Å². The van der Waals surface area contributed by atoms with Crippen LogP contribution in [0.15, 0.2) is 35.1 Å². The van der Waals surface area contributed by atoms with Gasteiger partial charge < -0.3 is 0 Å². The molecule has 0 fully saturated rings. The fourth-order valence-corrected chi connectivity index (χ4v) is 2.64. The predicted octanol–water partition coefficient (Wildman–Crippen LogP) is 2.85. The molecule has 21 heavy (non-hydrogen) atoms. The van der Waals surface area contributed by atoms with Crippen molar-refractivity contribution in [3.05, 3.63) is 57.8 Å². The summed E-state index contributed by atoms with van der Waals surface area (Å²) < 4.78 is 28.3. The molecule has 0 atom stereocenters. The number of amides is 1. The smallest absolute Gasteiger partial charge is 0.297 e. The summed E-state index contributed by atoms with van der Waals surface area (Å²) in [6, 6.07) is 3.41. The highest BCUT2D eigenvalue weighted by molar-refractivity contribution is 9.10. The number of halogens is 3. The van der Waals surface area contributed by atoms with Gasteiger partial charge in [-0.15, -0.1) is 0 Å². The number of carbonyl (C=O) groups is 2. The van der Waals surface area contributed by atoms with Crippen molar-refractivity contribution in [2.75, 3.05) is 4.90 Å². The zero-order valence-electron chi connectivity index (χ0n) is 10.4. The molecule has 1 aromatic heterocycles. The highest BCUT2D eigenvalue weighted by atomic mass is 79.9. The summed E-state index contributed by atoms with van der Waals surface area (Å²) in [5.74, 6) is -3.70. The van der Waals surface area contributed by atoms with E-state index in [0.717, 1.165) is 17.0 Å². The first-order valence-corrected chi connectivity index (χ1v) is 6.72. The molecule has 0 saturated heterocycles. The molecular formula is C14H7BrF2N2O2. The Morgan fingerprint density at radius 3 is 2.57 bits per heavy atom. The second-order valence-corrected chi connectivity index (χ2v) is 5.40. The molecule has 0 bridgehead atoms. The van der Waals surface area contributed by atoms with E-state index in [2.05, 4.69) is 20.9 Å². The standard InChI is InChI=1S/C14H7BrF2N2O2/c15-8-3-7(4-18-5-8)6-19-12-10(17)2-1-9(16)11(12)13(20)14(19)21/h1-5H,6H2. The van der Waals surface area contributed by atoms with E-state index >= 15 is 0 Å². The minimum absolute atomic E-state index is 0.0651. The molecule has 1 aromatic carbocycles. The van der Waals surface area contributed by atoms with Gasteiger partial charge in [0.1, 0.15) is 11.6 Å². The molecule has 3 rings (SSSR count). The van der Waals surface area contributed by atoms with Crippen LogP contribution in [0.1, 0.15) is 15.9 Å². The zero-order chi connectivity index (χ0) is 15.1. The van der Waals surface area contributed by atoms with Gasteiger partial charge >= 0.3 is 0 Å². The largest absolute Gasteiger partial charge is 0.299 e. The third-order valence-electron chi connectivity index (χ3n) is 3.12. The SMILES string of the molecule is O=C1C(=O)N(Cc2cncc(Br)c2)c2c(F)ccc(F)c21. The molecule has 2 aromatic rings. The number of anilines is 1. The number of aromatic nitrogens is 1. The molecule has 1 aliphatic rings. The Hall–Kier alpha value is -2.15. The first kappa shape index (κ1) is 13.8. The van der Waals surface area contributed by atoms with Gasteiger partial charge in [0.25, 0.3) is 11.7 Å². The van der Waals surface area contributed by atoms with E-state index in [1.807, 2.05) is 0 Å². The van der Waals surface area contributed by atoms with Crippen molar-refractivity contribution >= 4 is 33.3 Å². The Labute approximate surface area is 126 Å². The van der Waals surface area contributed by atoms with Crippen LogP contribution in [0.3, 0.4) is 0 Å². The van der Waals surface area contributed by atoms with Crippen LogP contribution in [-0.4, -0.2) is 16.7 Å². The summed E-state index contributed by atoms with van der Waals surface area (Å²) in [6.07, 6.45) is 3.03. The summed E-state index contributed by atoms with van der Waals surface area (Å²) >= 11 is 3.23. The van der Waals surface area contributed by atoms with Crippen molar-refractivity contribution in [1.82, 2.24) is 4.98 Å². The van der Waals surface area contributed by atoms with Crippen LogP contribution in [0.2, 0.25) is 0 Å². The van der Waals surface area contributed by atoms with Crippen molar-refractivity contribution in [3.63, 3.8) is 0 Å². The summed E-state index contributed by atoms with van der Waals surface area (Å²) in [5.41, 5.74) is -0.241. The van der Waals surface area contributed by atoms with Gasteiger partial charge in [-0.3, -0.25) is 19.5 Å². The van der Waals surface area contributed by atoms with Gasteiger partial charge in [0.15, 0.2) is 0 Å². The predicted molar refractivity (Wildman–Crippen MR) is 73.8 cm³/mol. The fraction of sp³-hybridized carbons (Fsp3) is 0.0714. The maximum absolute atomic E-state index is 13.9. The van der Waals surface area contributed by atoms with Crippen LogP contribution in [0, 0.1) is 11.6 Å². The number of fused-ring (bicyclic) bond motifs is 1. The first-order chi connectivity index (χ1) is 9.99. The zero-order valence-corrected chi connectivity index (χ0v) is 12.0. The molecule has 2 heterocycles. The van der Waals surface area contributed by atoms with E-state index in [1.54, 1.807) is 12.3 Å². The Morgan fingerprint density at radius 2 is 1.86 bits per heavy atom. The van der Waals surface area contributed by atoms with Gasteiger partial charge in [-0.2, -0.15) is 0 Å². The van der Waals surface area contributed by atoms with Gasteiger partial charge in [-0.1, -0.05) is 0 Å². The maximum atomic E-state index is 13.9. The number of nitrogens with zero attached hydrogens (tertiary/aromatic N) is 2. The van der Waals surface area contributed by atoms with Crippen molar-refractivity contribution in [3.8, 4) is 0 Å². The second kappa shape index (κ2) is 5.00. The quantitative estimate of drug-likeness (QED) is 0.781.